The molecule has 1 rings (SSSR count). The third kappa shape index (κ3) is 4.00. The highest BCUT2D eigenvalue weighted by Crippen LogP contribution is 2.12. The predicted molar refractivity (Wildman–Crippen MR) is 61.4 cm³/mol. The second kappa shape index (κ2) is 5.75. The molecule has 0 spiro atoms. The number of para-hydroxylation sites is 1. The molecule has 16 heavy (non-hydrogen) atoms. The fourth-order valence-electron chi connectivity index (χ4n) is 1.28. The number of aryl methyl sites for hydroxylation is 1. The van der Waals surface area contributed by atoms with Crippen molar-refractivity contribution in [1.82, 2.24) is 5.32 Å². The van der Waals surface area contributed by atoms with Gasteiger partial charge in [-0.3, -0.25) is 9.59 Å². The van der Waals surface area contributed by atoms with Crippen molar-refractivity contribution >= 4 is 17.5 Å². The monoisotopic (exact) mass is 221 g/mol. The van der Waals surface area contributed by atoms with Gasteiger partial charge in [0.15, 0.2) is 0 Å². The van der Waals surface area contributed by atoms with E-state index in [1.54, 1.807) is 6.07 Å². The van der Waals surface area contributed by atoms with Crippen LogP contribution in [0.1, 0.15) is 12.0 Å². The Morgan fingerprint density at radius 3 is 2.56 bits per heavy atom. The van der Waals surface area contributed by atoms with Crippen LogP contribution in [-0.4, -0.2) is 18.4 Å². The maximum atomic E-state index is 11.3. The standard InChI is InChI=1S/C11H15N3O2/c12-9-4-2-1-3-8(9)5-6-11(16)14-7-10(13)15/h1-4H,5-7,12H2,(H2,13,15)(H,14,16). The first-order valence-electron chi connectivity index (χ1n) is 4.98. The minimum absolute atomic E-state index is 0.122. The highest BCUT2D eigenvalue weighted by atomic mass is 16.2. The Kier molecular flexibility index (Phi) is 4.32. The fraction of sp³-hybridized carbons (Fsp3) is 0.273. The molecule has 0 atom stereocenters. The summed E-state index contributed by atoms with van der Waals surface area (Å²) in [5.74, 6) is -0.755. The van der Waals surface area contributed by atoms with Crippen molar-refractivity contribution in [3.63, 3.8) is 0 Å². The average molecular weight is 221 g/mol. The lowest BCUT2D eigenvalue weighted by molar-refractivity contribution is -0.124. The van der Waals surface area contributed by atoms with E-state index in [9.17, 15) is 9.59 Å². The Morgan fingerprint density at radius 2 is 1.94 bits per heavy atom. The van der Waals surface area contributed by atoms with Gasteiger partial charge in [-0.2, -0.15) is 0 Å². The fourth-order valence-corrected chi connectivity index (χ4v) is 1.28. The van der Waals surface area contributed by atoms with E-state index in [-0.39, 0.29) is 12.5 Å². The Morgan fingerprint density at radius 1 is 1.25 bits per heavy atom. The van der Waals surface area contributed by atoms with E-state index in [1.165, 1.54) is 0 Å². The number of carbonyl (C=O) groups excluding carboxylic acids is 2. The number of amides is 2. The van der Waals surface area contributed by atoms with Crippen molar-refractivity contribution in [3.8, 4) is 0 Å². The number of primary amides is 1. The topological polar surface area (TPSA) is 98.2 Å². The third-order valence-corrected chi connectivity index (χ3v) is 2.14. The van der Waals surface area contributed by atoms with Gasteiger partial charge in [-0.15, -0.1) is 0 Å². The summed E-state index contributed by atoms with van der Waals surface area (Å²) in [6.07, 6.45) is 0.846. The molecule has 0 bridgehead atoms. The minimum atomic E-state index is -0.549. The minimum Gasteiger partial charge on any atom is -0.399 e. The third-order valence-electron chi connectivity index (χ3n) is 2.14. The number of rotatable bonds is 5. The first-order valence-corrected chi connectivity index (χ1v) is 4.98. The van der Waals surface area contributed by atoms with Gasteiger partial charge in [0.1, 0.15) is 0 Å². The molecule has 0 aliphatic rings. The summed E-state index contributed by atoms with van der Waals surface area (Å²) in [5.41, 5.74) is 12.2. The Bertz CT molecular complexity index is 391. The zero-order valence-electron chi connectivity index (χ0n) is 8.90. The summed E-state index contributed by atoms with van der Waals surface area (Å²) in [5, 5.41) is 2.42. The number of nitrogen functional groups attached to an aromatic ring is 1. The maximum absolute atomic E-state index is 11.3. The predicted octanol–water partition coefficient (Wildman–Crippen LogP) is -0.197. The number of hydrogen-bond donors (Lipinski definition) is 3. The summed E-state index contributed by atoms with van der Waals surface area (Å²) in [6, 6.07) is 7.37. The summed E-state index contributed by atoms with van der Waals surface area (Å²) >= 11 is 0. The van der Waals surface area contributed by atoms with E-state index < -0.39 is 5.91 Å². The molecule has 5 heteroatoms. The van der Waals surface area contributed by atoms with Gasteiger partial charge in [-0.25, -0.2) is 0 Å². The first kappa shape index (κ1) is 12.0. The first-order chi connectivity index (χ1) is 7.59. The SMILES string of the molecule is NC(=O)CNC(=O)CCc1ccccc1N. The van der Waals surface area contributed by atoms with Crippen LogP contribution in [0, 0.1) is 0 Å². The van der Waals surface area contributed by atoms with Crippen LogP contribution < -0.4 is 16.8 Å². The van der Waals surface area contributed by atoms with Gasteiger partial charge in [-0.05, 0) is 18.1 Å². The second-order valence-corrected chi connectivity index (χ2v) is 3.44. The summed E-state index contributed by atoms with van der Waals surface area (Å²) in [7, 11) is 0. The van der Waals surface area contributed by atoms with E-state index in [1.807, 2.05) is 18.2 Å². The molecular formula is C11H15N3O2. The zero-order chi connectivity index (χ0) is 12.0. The highest BCUT2D eigenvalue weighted by molar-refractivity contribution is 5.83. The van der Waals surface area contributed by atoms with Gasteiger partial charge in [0.25, 0.3) is 0 Å². The maximum Gasteiger partial charge on any atom is 0.236 e. The molecule has 1 aromatic rings. The Hall–Kier alpha value is -2.04. The van der Waals surface area contributed by atoms with Gasteiger partial charge in [0.2, 0.25) is 11.8 Å². The van der Waals surface area contributed by atoms with Crippen molar-refractivity contribution < 1.29 is 9.59 Å². The molecule has 0 aromatic heterocycles. The number of hydrogen-bond acceptors (Lipinski definition) is 3. The zero-order valence-corrected chi connectivity index (χ0v) is 8.90. The van der Waals surface area contributed by atoms with Crippen molar-refractivity contribution in [2.75, 3.05) is 12.3 Å². The van der Waals surface area contributed by atoms with Crippen LogP contribution in [0.4, 0.5) is 5.69 Å². The largest absolute Gasteiger partial charge is 0.399 e. The second-order valence-electron chi connectivity index (χ2n) is 3.44. The van der Waals surface area contributed by atoms with Crippen LogP contribution in [0.2, 0.25) is 0 Å². The van der Waals surface area contributed by atoms with E-state index in [0.29, 0.717) is 18.5 Å². The number of benzene rings is 1. The number of nitrogens with two attached hydrogens (primary N) is 2. The van der Waals surface area contributed by atoms with Crippen LogP contribution >= 0.6 is 0 Å². The lowest BCUT2D eigenvalue weighted by Crippen LogP contribution is -2.33. The van der Waals surface area contributed by atoms with Gasteiger partial charge < -0.3 is 16.8 Å². The molecular weight excluding hydrogens is 206 g/mol. The molecule has 0 radical (unpaired) electrons. The van der Waals surface area contributed by atoms with Crippen LogP contribution in [0.25, 0.3) is 0 Å². The van der Waals surface area contributed by atoms with Gasteiger partial charge in [0.05, 0.1) is 6.54 Å². The molecule has 5 nitrogen and oxygen atoms in total. The molecule has 0 saturated heterocycles. The quantitative estimate of drug-likeness (QED) is 0.600. The van der Waals surface area contributed by atoms with Crippen molar-refractivity contribution in [2.45, 2.75) is 12.8 Å². The Balaban J connectivity index is 2.37. The highest BCUT2D eigenvalue weighted by Gasteiger charge is 2.04. The molecule has 5 N–H and O–H groups in total. The van der Waals surface area contributed by atoms with Crippen molar-refractivity contribution in [3.05, 3.63) is 29.8 Å². The summed E-state index contributed by atoms with van der Waals surface area (Å²) in [4.78, 5) is 21.7. The van der Waals surface area contributed by atoms with Crippen molar-refractivity contribution in [1.29, 1.82) is 0 Å². The van der Waals surface area contributed by atoms with Crippen LogP contribution in [-0.2, 0) is 16.0 Å². The number of nitrogens with one attached hydrogen (secondary N) is 1. The molecule has 86 valence electrons. The van der Waals surface area contributed by atoms with Crippen molar-refractivity contribution in [2.24, 2.45) is 5.73 Å². The average Bonchev–Trinajstić information content (AvgIpc) is 2.25. The van der Waals surface area contributed by atoms with Crippen LogP contribution in [0.5, 0.6) is 0 Å². The van der Waals surface area contributed by atoms with Gasteiger partial charge in [-0.1, -0.05) is 18.2 Å². The normalized spacial score (nSPS) is 9.75. The number of carbonyl (C=O) groups is 2. The molecule has 0 aliphatic carbocycles. The van der Waals surface area contributed by atoms with E-state index in [4.69, 9.17) is 11.5 Å². The van der Waals surface area contributed by atoms with Crippen LogP contribution in [0.15, 0.2) is 24.3 Å². The molecule has 0 aliphatic heterocycles. The Labute approximate surface area is 93.8 Å². The molecule has 0 fully saturated rings. The molecule has 2 amide bonds. The summed E-state index contributed by atoms with van der Waals surface area (Å²) < 4.78 is 0. The number of anilines is 1. The molecule has 0 unspecified atom stereocenters. The van der Waals surface area contributed by atoms with E-state index >= 15 is 0 Å². The van der Waals surface area contributed by atoms with Gasteiger partial charge >= 0.3 is 0 Å². The molecule has 0 heterocycles. The molecule has 0 saturated carbocycles. The summed E-state index contributed by atoms with van der Waals surface area (Å²) in [6.45, 7) is -0.122. The lowest BCUT2D eigenvalue weighted by Gasteiger charge is -2.05. The van der Waals surface area contributed by atoms with E-state index in [0.717, 1.165) is 5.56 Å². The lowest BCUT2D eigenvalue weighted by atomic mass is 10.1. The van der Waals surface area contributed by atoms with Crippen LogP contribution in [0.3, 0.4) is 0 Å². The van der Waals surface area contributed by atoms with Gasteiger partial charge in [0, 0.05) is 12.1 Å². The smallest absolute Gasteiger partial charge is 0.236 e. The molecule has 1 aromatic carbocycles. The van der Waals surface area contributed by atoms with E-state index in [2.05, 4.69) is 5.32 Å².